The molecule has 4 rings (SSSR count). The predicted octanol–water partition coefficient (Wildman–Crippen LogP) is 4.26. The second kappa shape index (κ2) is 9.46. The maximum Gasteiger partial charge on any atom is 0.397 e. The Labute approximate surface area is 210 Å². The average molecular weight is 518 g/mol. The number of alkyl halides is 3. The van der Waals surface area contributed by atoms with E-state index in [1.54, 1.807) is 35.8 Å². The number of ether oxygens (including phenoxy) is 1. The number of Topliss-reactive ketones (excluding diaryl/α,β-unsaturated/α-hetero) is 1. The van der Waals surface area contributed by atoms with Crippen molar-refractivity contribution in [2.75, 3.05) is 12.4 Å². The van der Waals surface area contributed by atoms with Gasteiger partial charge in [-0.3, -0.25) is 9.59 Å². The minimum atomic E-state index is -4.54. The van der Waals surface area contributed by atoms with Crippen molar-refractivity contribution in [3.63, 3.8) is 0 Å². The summed E-state index contributed by atoms with van der Waals surface area (Å²) in [6.45, 7) is 2.99. The summed E-state index contributed by atoms with van der Waals surface area (Å²) in [4.78, 5) is 30.2. The number of methoxy groups -OCH3 is 1. The number of carbonyl (C=O) groups is 2. The Morgan fingerprint density at radius 1 is 1.22 bits per heavy atom. The molecule has 0 saturated heterocycles. The molecule has 2 heterocycles. The molecule has 0 fully saturated rings. The number of halogens is 4. The van der Waals surface area contributed by atoms with Crippen molar-refractivity contribution in [1.29, 1.82) is 0 Å². The van der Waals surface area contributed by atoms with Crippen molar-refractivity contribution < 1.29 is 27.5 Å². The largest absolute Gasteiger partial charge is 0.481 e. The van der Waals surface area contributed by atoms with Crippen LogP contribution in [0.3, 0.4) is 0 Å². The van der Waals surface area contributed by atoms with Crippen LogP contribution in [0.4, 0.5) is 18.9 Å². The zero-order chi connectivity index (χ0) is 26.3. The third-order valence-corrected chi connectivity index (χ3v) is 6.57. The van der Waals surface area contributed by atoms with Gasteiger partial charge in [0, 0.05) is 45.8 Å². The van der Waals surface area contributed by atoms with Gasteiger partial charge in [-0.25, -0.2) is 4.98 Å². The van der Waals surface area contributed by atoms with Gasteiger partial charge in [0.05, 0.1) is 18.1 Å². The molecule has 1 unspecified atom stereocenters. The molecule has 0 aliphatic heterocycles. The van der Waals surface area contributed by atoms with Crippen LogP contribution in [-0.4, -0.2) is 34.5 Å². The molecular weight excluding hydrogens is 495 g/mol. The summed E-state index contributed by atoms with van der Waals surface area (Å²) < 4.78 is 48.5. The number of carbonyl (C=O) groups excluding carboxylic acids is 2. The molecule has 0 radical (unpaired) electrons. The van der Waals surface area contributed by atoms with Crippen LogP contribution in [-0.2, 0) is 11.3 Å². The van der Waals surface area contributed by atoms with Crippen molar-refractivity contribution in [3.8, 4) is 5.88 Å². The van der Waals surface area contributed by atoms with Crippen LogP contribution in [0.1, 0.15) is 35.0 Å². The molecule has 188 valence electrons. The maximum atomic E-state index is 13.9. The van der Waals surface area contributed by atoms with E-state index in [2.05, 4.69) is 10.3 Å². The van der Waals surface area contributed by atoms with E-state index in [0.29, 0.717) is 16.1 Å². The summed E-state index contributed by atoms with van der Waals surface area (Å²) in [6.07, 6.45) is -0.891. The fraction of sp³-hybridized carbons (Fsp3) is 0.269. The third-order valence-electron chi connectivity index (χ3n) is 6.32. The molecule has 1 aliphatic rings. The van der Waals surface area contributed by atoms with Crippen LogP contribution in [0.25, 0.3) is 12.2 Å². The first-order valence-corrected chi connectivity index (χ1v) is 11.4. The van der Waals surface area contributed by atoms with E-state index in [1.807, 2.05) is 0 Å². The molecule has 6 nitrogen and oxygen atoms in total. The van der Waals surface area contributed by atoms with E-state index in [-0.39, 0.29) is 35.3 Å². The van der Waals surface area contributed by atoms with Crippen molar-refractivity contribution in [1.82, 2.24) is 9.55 Å². The monoisotopic (exact) mass is 517 g/mol. The van der Waals surface area contributed by atoms with Crippen LogP contribution in [0.5, 0.6) is 5.88 Å². The van der Waals surface area contributed by atoms with E-state index in [0.717, 1.165) is 18.6 Å². The van der Waals surface area contributed by atoms with Crippen LogP contribution >= 0.6 is 11.6 Å². The number of amides is 1. The van der Waals surface area contributed by atoms with Crippen molar-refractivity contribution in [2.24, 2.45) is 5.41 Å². The third kappa shape index (κ3) is 4.75. The van der Waals surface area contributed by atoms with Gasteiger partial charge in [-0.2, -0.15) is 13.2 Å². The molecule has 10 heteroatoms. The number of aromatic nitrogens is 2. The quantitative estimate of drug-likeness (QED) is 0.392. The van der Waals surface area contributed by atoms with E-state index < -0.39 is 23.3 Å². The van der Waals surface area contributed by atoms with Gasteiger partial charge in [0.2, 0.25) is 5.88 Å². The molecule has 3 aromatic rings. The summed E-state index contributed by atoms with van der Waals surface area (Å²) in [5.41, 5.74) is -0.749. The summed E-state index contributed by atoms with van der Waals surface area (Å²) in [5, 5.41) is 3.59. The summed E-state index contributed by atoms with van der Waals surface area (Å²) in [6, 6.07) is 9.92. The van der Waals surface area contributed by atoms with Gasteiger partial charge in [-0.05, 0) is 44.0 Å². The summed E-state index contributed by atoms with van der Waals surface area (Å²) in [5.74, 6) is -1.69. The molecular formula is C26H23ClF3N3O3. The Bertz CT molecular complexity index is 1460. The fourth-order valence-corrected chi connectivity index (χ4v) is 4.32. The number of hydrogen-bond acceptors (Lipinski definition) is 4. The molecule has 36 heavy (non-hydrogen) atoms. The number of rotatable bonds is 6. The first kappa shape index (κ1) is 25.5. The average Bonchev–Trinajstić information content (AvgIpc) is 3.09. The van der Waals surface area contributed by atoms with Gasteiger partial charge in [0.15, 0.2) is 0 Å². The Morgan fingerprint density at radius 3 is 2.56 bits per heavy atom. The zero-order valence-corrected chi connectivity index (χ0v) is 20.5. The molecule has 1 amide bonds. The Kier molecular flexibility index (Phi) is 6.70. The number of pyridine rings is 1. The Morgan fingerprint density at radius 2 is 1.92 bits per heavy atom. The van der Waals surface area contributed by atoms with Crippen molar-refractivity contribution >= 4 is 41.1 Å². The van der Waals surface area contributed by atoms with Gasteiger partial charge in [0.1, 0.15) is 0 Å². The van der Waals surface area contributed by atoms with E-state index in [9.17, 15) is 22.8 Å². The number of anilines is 1. The fourth-order valence-electron chi connectivity index (χ4n) is 4.20. The van der Waals surface area contributed by atoms with Crippen LogP contribution in [0.15, 0.2) is 42.6 Å². The van der Waals surface area contributed by atoms with Crippen LogP contribution in [0, 0.1) is 12.3 Å². The maximum absolute atomic E-state index is 13.9. The summed E-state index contributed by atoms with van der Waals surface area (Å²) >= 11 is 5.98. The van der Waals surface area contributed by atoms with Gasteiger partial charge < -0.3 is 14.6 Å². The molecule has 0 bridgehead atoms. The SMILES string of the molecule is COc1cc(NC(=O)C(=O)c2c(C)n(Cc3ccc(Cl)cc3)c3c2=CC(C)(C(F)(F)F)CC=3)ccn1. The molecule has 1 N–H and O–H groups in total. The Hall–Kier alpha value is -3.59. The van der Waals surface area contributed by atoms with Crippen LogP contribution < -0.4 is 20.6 Å². The molecule has 2 aromatic heterocycles. The molecule has 1 atom stereocenters. The number of ketones is 1. The van der Waals surface area contributed by atoms with Crippen molar-refractivity contribution in [2.45, 2.75) is 33.0 Å². The van der Waals surface area contributed by atoms with E-state index in [4.69, 9.17) is 16.3 Å². The second-order valence-electron chi connectivity index (χ2n) is 8.81. The van der Waals surface area contributed by atoms with E-state index >= 15 is 0 Å². The van der Waals surface area contributed by atoms with Gasteiger partial charge in [-0.1, -0.05) is 35.9 Å². The Balaban J connectivity index is 1.82. The normalized spacial score (nSPS) is 17.0. The summed E-state index contributed by atoms with van der Waals surface area (Å²) in [7, 11) is 1.40. The minimum absolute atomic E-state index is 0.0658. The molecule has 1 aliphatic carbocycles. The highest BCUT2D eigenvalue weighted by atomic mass is 35.5. The van der Waals surface area contributed by atoms with Crippen LogP contribution in [0.2, 0.25) is 5.02 Å². The minimum Gasteiger partial charge on any atom is -0.481 e. The number of fused-ring (bicyclic) bond motifs is 1. The number of nitrogens with zero attached hydrogens (tertiary/aromatic N) is 2. The van der Waals surface area contributed by atoms with Gasteiger partial charge >= 0.3 is 6.18 Å². The van der Waals surface area contributed by atoms with Gasteiger partial charge in [0.25, 0.3) is 11.7 Å². The number of benzene rings is 1. The van der Waals surface area contributed by atoms with Crippen molar-refractivity contribution in [3.05, 3.63) is 75.0 Å². The first-order chi connectivity index (χ1) is 16.9. The number of hydrogen-bond donors (Lipinski definition) is 1. The second-order valence-corrected chi connectivity index (χ2v) is 9.25. The first-order valence-electron chi connectivity index (χ1n) is 11.0. The molecule has 1 aromatic carbocycles. The number of nitrogens with one attached hydrogen (secondary N) is 1. The lowest BCUT2D eigenvalue weighted by Gasteiger charge is -2.29. The lowest BCUT2D eigenvalue weighted by atomic mass is 9.82. The lowest BCUT2D eigenvalue weighted by molar-refractivity contribution is -0.192. The topological polar surface area (TPSA) is 73.2 Å². The highest BCUT2D eigenvalue weighted by Crippen LogP contribution is 2.43. The zero-order valence-electron chi connectivity index (χ0n) is 19.7. The van der Waals surface area contributed by atoms with Gasteiger partial charge in [-0.15, -0.1) is 0 Å². The highest BCUT2D eigenvalue weighted by molar-refractivity contribution is 6.46. The molecule has 0 saturated carbocycles. The smallest absolute Gasteiger partial charge is 0.397 e. The molecule has 0 spiro atoms. The highest BCUT2D eigenvalue weighted by Gasteiger charge is 2.49. The predicted molar refractivity (Wildman–Crippen MR) is 130 cm³/mol. The lowest BCUT2D eigenvalue weighted by Crippen LogP contribution is -2.43. The van der Waals surface area contributed by atoms with E-state index in [1.165, 1.54) is 31.5 Å². The standard InChI is InChI=1S/C26H23ClF3N3O3/c1-15-22(23(34)24(35)32-18-9-11-31-21(12-18)36-3)19-13-25(2,26(28,29)30)10-8-20(19)33(15)14-16-4-6-17(27)7-5-16/h4-9,11-13H,10,14H2,1-3H3,(H,31,32,35).